The number of nitrogens with zero attached hydrogens (tertiary/aromatic N) is 2. The molecule has 0 saturated heterocycles. The van der Waals surface area contributed by atoms with Crippen molar-refractivity contribution in [3.63, 3.8) is 0 Å². The van der Waals surface area contributed by atoms with Crippen molar-refractivity contribution in [3.05, 3.63) is 34.8 Å². The van der Waals surface area contributed by atoms with Crippen LogP contribution < -0.4 is 14.2 Å². The highest BCUT2D eigenvalue weighted by Gasteiger charge is 2.21. The van der Waals surface area contributed by atoms with Crippen molar-refractivity contribution in [2.75, 3.05) is 19.8 Å². The summed E-state index contributed by atoms with van der Waals surface area (Å²) in [5.41, 5.74) is 3.02. The van der Waals surface area contributed by atoms with E-state index in [2.05, 4.69) is 20.5 Å². The van der Waals surface area contributed by atoms with Gasteiger partial charge in [0.15, 0.2) is 11.5 Å². The summed E-state index contributed by atoms with van der Waals surface area (Å²) in [5.74, 6) is 3.40. The molecule has 0 radical (unpaired) electrons. The van der Waals surface area contributed by atoms with Crippen LogP contribution in [0.4, 0.5) is 0 Å². The number of halogens is 1. The van der Waals surface area contributed by atoms with Gasteiger partial charge in [0.05, 0.1) is 12.1 Å². The van der Waals surface area contributed by atoms with Gasteiger partial charge in [0, 0.05) is 16.6 Å². The first-order chi connectivity index (χ1) is 11.8. The van der Waals surface area contributed by atoms with E-state index in [9.17, 15) is 0 Å². The van der Waals surface area contributed by atoms with Crippen LogP contribution >= 0.6 is 15.9 Å². The molecular formula is C18H15BrN2O3. The first-order valence-electron chi connectivity index (χ1n) is 8.02. The van der Waals surface area contributed by atoms with Crippen molar-refractivity contribution in [1.82, 2.24) is 9.55 Å². The maximum absolute atomic E-state index is 5.91. The molecule has 5 nitrogen and oxygen atoms in total. The zero-order chi connectivity index (χ0) is 16.1. The lowest BCUT2D eigenvalue weighted by molar-refractivity contribution is 0.171. The number of fused-ring (bicyclic) bond motifs is 1. The molecular weight excluding hydrogens is 372 g/mol. The highest BCUT2D eigenvalue weighted by atomic mass is 79.9. The average Bonchev–Trinajstić information content (AvgIpc) is 2.82. The summed E-state index contributed by atoms with van der Waals surface area (Å²) in [6.07, 6.45) is 0.954. The summed E-state index contributed by atoms with van der Waals surface area (Å²) in [7, 11) is 0. The Balaban J connectivity index is 1.73. The van der Waals surface area contributed by atoms with Crippen molar-refractivity contribution >= 4 is 27.0 Å². The van der Waals surface area contributed by atoms with E-state index in [0.717, 1.165) is 57.1 Å². The van der Waals surface area contributed by atoms with Crippen LogP contribution in [0.2, 0.25) is 0 Å². The molecule has 6 heteroatoms. The Morgan fingerprint density at radius 1 is 0.917 bits per heavy atom. The average molecular weight is 387 g/mol. The Morgan fingerprint density at radius 3 is 2.67 bits per heavy atom. The van der Waals surface area contributed by atoms with Gasteiger partial charge < -0.3 is 18.8 Å². The number of ether oxygens (including phenoxy) is 3. The number of imidazole rings is 1. The third-order valence-corrected chi connectivity index (χ3v) is 4.81. The molecule has 0 N–H and O–H groups in total. The Morgan fingerprint density at radius 2 is 1.75 bits per heavy atom. The van der Waals surface area contributed by atoms with Crippen LogP contribution in [0.3, 0.4) is 0 Å². The number of aryl methyl sites for hydroxylation is 1. The molecule has 3 heterocycles. The predicted molar refractivity (Wildman–Crippen MR) is 94.0 cm³/mol. The number of hydrogen-bond acceptors (Lipinski definition) is 4. The monoisotopic (exact) mass is 386 g/mol. The van der Waals surface area contributed by atoms with Crippen molar-refractivity contribution in [3.8, 4) is 28.6 Å². The molecule has 0 bridgehead atoms. The fraction of sp³-hybridized carbons (Fsp3) is 0.278. The lowest BCUT2D eigenvalue weighted by Gasteiger charge is -2.19. The van der Waals surface area contributed by atoms with Gasteiger partial charge in [-0.05, 0) is 36.8 Å². The summed E-state index contributed by atoms with van der Waals surface area (Å²) in [5, 5.41) is 0. The highest BCUT2D eigenvalue weighted by Crippen LogP contribution is 2.38. The molecule has 0 unspecified atom stereocenters. The Hall–Kier alpha value is -2.21. The number of hydrogen-bond donors (Lipinski definition) is 0. The summed E-state index contributed by atoms with van der Waals surface area (Å²) in [4.78, 5) is 4.86. The van der Waals surface area contributed by atoms with Crippen LogP contribution in [0.5, 0.6) is 17.2 Å². The number of benzene rings is 2. The van der Waals surface area contributed by atoms with E-state index in [-0.39, 0.29) is 0 Å². The Bertz CT molecular complexity index is 951. The third kappa shape index (κ3) is 2.17. The molecule has 24 heavy (non-hydrogen) atoms. The third-order valence-electron chi connectivity index (χ3n) is 4.36. The minimum absolute atomic E-state index is 0.581. The van der Waals surface area contributed by atoms with Crippen LogP contribution in [0.1, 0.15) is 6.42 Å². The van der Waals surface area contributed by atoms with Gasteiger partial charge in [-0.3, -0.25) is 0 Å². The second kappa shape index (κ2) is 5.41. The van der Waals surface area contributed by atoms with Gasteiger partial charge in [-0.15, -0.1) is 0 Å². The van der Waals surface area contributed by atoms with Crippen LogP contribution in [0.25, 0.3) is 22.4 Å². The maximum Gasteiger partial charge on any atom is 0.162 e. The molecule has 122 valence electrons. The topological polar surface area (TPSA) is 45.5 Å². The first kappa shape index (κ1) is 14.2. The van der Waals surface area contributed by atoms with E-state index < -0.39 is 0 Å². The summed E-state index contributed by atoms with van der Waals surface area (Å²) >= 11 is 3.55. The van der Waals surface area contributed by atoms with E-state index in [4.69, 9.17) is 19.2 Å². The lowest BCUT2D eigenvalue weighted by atomic mass is 10.2. The Kier molecular flexibility index (Phi) is 3.19. The Labute approximate surface area is 147 Å². The van der Waals surface area contributed by atoms with Crippen molar-refractivity contribution < 1.29 is 14.2 Å². The summed E-state index contributed by atoms with van der Waals surface area (Å²) in [6, 6.07) is 10.1. The van der Waals surface area contributed by atoms with E-state index in [1.807, 2.05) is 30.3 Å². The second-order valence-electron chi connectivity index (χ2n) is 5.92. The van der Waals surface area contributed by atoms with Gasteiger partial charge in [0.1, 0.15) is 30.3 Å². The molecule has 2 aliphatic rings. The normalized spacial score (nSPS) is 15.9. The van der Waals surface area contributed by atoms with E-state index in [1.54, 1.807) is 0 Å². The molecule has 0 spiro atoms. The molecule has 0 aliphatic carbocycles. The number of aromatic nitrogens is 2. The molecule has 5 rings (SSSR count). The minimum atomic E-state index is 0.581. The van der Waals surface area contributed by atoms with Crippen LogP contribution in [0.15, 0.2) is 34.8 Å². The van der Waals surface area contributed by atoms with E-state index >= 15 is 0 Å². The SMILES string of the molecule is Brc1cc2c3c(c1)nc(-c1ccc4c(c1)OCCO4)n3CCCO2. The summed E-state index contributed by atoms with van der Waals surface area (Å²) in [6.45, 7) is 2.78. The minimum Gasteiger partial charge on any atom is -0.491 e. The molecule has 0 amide bonds. The quantitative estimate of drug-likeness (QED) is 0.633. The number of rotatable bonds is 1. The van der Waals surface area contributed by atoms with Crippen LogP contribution in [-0.4, -0.2) is 29.4 Å². The molecule has 0 atom stereocenters. The molecule has 0 saturated carbocycles. The fourth-order valence-electron chi connectivity index (χ4n) is 3.33. The first-order valence-corrected chi connectivity index (χ1v) is 8.81. The fourth-order valence-corrected chi connectivity index (χ4v) is 3.76. The van der Waals surface area contributed by atoms with Gasteiger partial charge >= 0.3 is 0 Å². The zero-order valence-corrected chi connectivity index (χ0v) is 14.5. The lowest BCUT2D eigenvalue weighted by Crippen LogP contribution is -2.15. The van der Waals surface area contributed by atoms with Gasteiger partial charge in [0.25, 0.3) is 0 Å². The van der Waals surface area contributed by atoms with Gasteiger partial charge in [-0.25, -0.2) is 4.98 Å². The zero-order valence-electron chi connectivity index (χ0n) is 12.9. The van der Waals surface area contributed by atoms with E-state index in [1.165, 1.54) is 0 Å². The van der Waals surface area contributed by atoms with E-state index in [0.29, 0.717) is 19.8 Å². The summed E-state index contributed by atoms with van der Waals surface area (Å²) < 4.78 is 20.5. The second-order valence-corrected chi connectivity index (χ2v) is 6.83. The standard InChI is InChI=1S/C18H15BrN2O3/c19-12-9-13-17-16(10-12)22-5-1-4-21(17)18(20-13)11-2-3-14-15(8-11)24-7-6-23-14/h2-3,8-10H,1,4-7H2. The van der Waals surface area contributed by atoms with Gasteiger partial charge in [0.2, 0.25) is 0 Å². The smallest absolute Gasteiger partial charge is 0.162 e. The van der Waals surface area contributed by atoms with Crippen molar-refractivity contribution in [2.45, 2.75) is 13.0 Å². The van der Waals surface area contributed by atoms with Crippen molar-refractivity contribution in [1.29, 1.82) is 0 Å². The molecule has 2 aromatic carbocycles. The van der Waals surface area contributed by atoms with Crippen LogP contribution in [0, 0.1) is 0 Å². The maximum atomic E-state index is 5.91. The van der Waals surface area contributed by atoms with Crippen molar-refractivity contribution in [2.24, 2.45) is 0 Å². The molecule has 3 aromatic rings. The van der Waals surface area contributed by atoms with Gasteiger partial charge in [-0.2, -0.15) is 0 Å². The largest absolute Gasteiger partial charge is 0.491 e. The van der Waals surface area contributed by atoms with Crippen LogP contribution in [-0.2, 0) is 6.54 Å². The predicted octanol–water partition coefficient (Wildman–Crippen LogP) is 4.02. The van der Waals surface area contributed by atoms with Gasteiger partial charge in [-0.1, -0.05) is 15.9 Å². The molecule has 0 fully saturated rings. The molecule has 2 aliphatic heterocycles. The highest BCUT2D eigenvalue weighted by molar-refractivity contribution is 9.10. The molecule has 1 aromatic heterocycles.